The van der Waals surface area contributed by atoms with E-state index in [1.807, 2.05) is 4.98 Å². The van der Waals surface area contributed by atoms with Crippen LogP contribution in [0.25, 0.3) is 22.3 Å². The lowest BCUT2D eigenvalue weighted by atomic mass is 9.94. The van der Waals surface area contributed by atoms with E-state index >= 15 is 4.39 Å². The Balaban J connectivity index is 0.939. The van der Waals surface area contributed by atoms with Crippen molar-refractivity contribution >= 4 is 71.3 Å². The van der Waals surface area contributed by atoms with Crippen molar-refractivity contribution in [3.8, 4) is 0 Å². The SMILES string of the molecule is CN(C)C(=O)C[C@H]1[C@@H](O)[C@H]([n+]2cn(C)c3c(=O)[nH]c(N)nc32)O[C@@H]1COP(=O)(O)OP(=O)(O)OP(=O)(O)OCC1O[C@@H](n2cnc3c(N)ncnc32)[C@H](F)[C@@H]1OP(=O)(O)OC[C@H]1O[C@@H](n2ccc(=O)[nH]c2=O)[C@H](O)[C@@H]1O. The molecule has 16 atom stereocenters. The van der Waals surface area contributed by atoms with E-state index in [1.165, 1.54) is 36.6 Å². The lowest BCUT2D eigenvalue weighted by Crippen LogP contribution is -2.45. The standard InChI is InChI=1S/C34H46FN13O24P4/c1-44(2)18(50)6-13-14(67-31(22(13)51)48-12-45(3)21-28(48)42-33(37)43-29(21)54)7-65-74(58,59)71-76(62,63)72-75(60,61)66-9-16-25(19(35)30(69-16)47-11-40-20-26(36)38-10-39-27(20)47)70-73(56,57)64-8-15-23(52)24(53)32(68-15)46-5-4-17(49)41-34(46)55/h4-5,10-16,19,22-25,30-32,51-53H,6-9H2,1-3H3,(H9-,36,37,38,39,41,42,43,49,54,55,56,57,58,59,60,61,62,63)/p+1/t13-,14-,15-,16?,19-,22-,23-,24-,25-,30-,31-,32-/m1/s1. The molecule has 42 heteroatoms. The van der Waals surface area contributed by atoms with Crippen LogP contribution in [0.5, 0.6) is 0 Å². The van der Waals surface area contributed by atoms with E-state index in [0.717, 1.165) is 34.4 Å². The molecule has 5 aromatic rings. The van der Waals surface area contributed by atoms with Gasteiger partial charge in [0.15, 0.2) is 36.4 Å². The quantitative estimate of drug-likeness (QED) is 0.0263. The number of H-pyrrole nitrogens is 2. The molecule has 13 N–H and O–H groups in total. The minimum atomic E-state index is -6.28. The van der Waals surface area contributed by atoms with E-state index in [4.69, 9.17) is 43.8 Å². The maximum Gasteiger partial charge on any atom is 0.490 e. The molecule has 3 fully saturated rings. The zero-order valence-electron chi connectivity index (χ0n) is 39.1. The number of anilines is 2. The van der Waals surface area contributed by atoms with E-state index in [2.05, 4.69) is 33.5 Å². The molecular weight excluding hydrogens is 1120 g/mol. The van der Waals surface area contributed by atoms with Gasteiger partial charge < -0.3 is 65.5 Å². The van der Waals surface area contributed by atoms with Gasteiger partial charge in [0.25, 0.3) is 17.1 Å². The number of aromatic amines is 2. The van der Waals surface area contributed by atoms with Crippen molar-refractivity contribution in [3.05, 3.63) is 62.4 Å². The molecule has 0 saturated carbocycles. The van der Waals surface area contributed by atoms with Gasteiger partial charge in [-0.1, -0.05) is 4.98 Å². The topological polar surface area (TPSA) is 518 Å². The molecule has 1 amide bonds. The van der Waals surface area contributed by atoms with Crippen LogP contribution in [0.15, 0.2) is 45.6 Å². The monoisotopic (exact) mass is 1160 g/mol. The van der Waals surface area contributed by atoms with Gasteiger partial charge in [-0.05, 0) is 0 Å². The molecule has 76 heavy (non-hydrogen) atoms. The van der Waals surface area contributed by atoms with E-state index in [-0.39, 0.29) is 34.1 Å². The fourth-order valence-corrected chi connectivity index (χ4v) is 12.7. The number of alkyl halides is 1. The van der Waals surface area contributed by atoms with Crippen LogP contribution in [-0.4, -0.2) is 172 Å². The summed E-state index contributed by atoms with van der Waals surface area (Å²) in [6.45, 7) is -3.64. The molecule has 37 nitrogen and oxygen atoms in total. The fraction of sp³-hybridized carbons (Fsp3) is 0.559. The Morgan fingerprint density at radius 1 is 0.829 bits per heavy atom. The molecule has 418 valence electrons. The van der Waals surface area contributed by atoms with E-state index in [9.17, 15) is 72.3 Å². The number of hydrogen-bond acceptors (Lipinski definition) is 26. The second kappa shape index (κ2) is 21.6. The number of carbonyl (C=O) groups is 1. The van der Waals surface area contributed by atoms with Gasteiger partial charge >= 0.3 is 42.6 Å². The number of rotatable bonds is 20. The Morgan fingerprint density at radius 2 is 1.46 bits per heavy atom. The van der Waals surface area contributed by atoms with Crippen LogP contribution in [0, 0.1) is 5.92 Å². The number of amides is 1. The number of nitrogens with one attached hydrogen (secondary N) is 2. The summed E-state index contributed by atoms with van der Waals surface area (Å²) < 4.78 is 118. The molecule has 8 heterocycles. The highest BCUT2D eigenvalue weighted by Crippen LogP contribution is 2.68. The molecule has 0 radical (unpaired) electrons. The number of aromatic nitrogens is 10. The average molecular weight is 1160 g/mol. The van der Waals surface area contributed by atoms with E-state index in [0.29, 0.717) is 4.57 Å². The lowest BCUT2D eigenvalue weighted by molar-refractivity contribution is -0.745. The minimum absolute atomic E-state index is 0.0221. The highest BCUT2D eigenvalue weighted by atomic mass is 31.3. The third kappa shape index (κ3) is 12.1. The number of ether oxygens (including phenoxy) is 3. The fourth-order valence-electron chi connectivity index (χ4n) is 8.25. The third-order valence-electron chi connectivity index (χ3n) is 11.8. The first-order chi connectivity index (χ1) is 35.4. The lowest BCUT2D eigenvalue weighted by Gasteiger charge is -2.24. The minimum Gasteiger partial charge on any atom is -0.387 e. The van der Waals surface area contributed by atoms with Crippen LogP contribution in [0.4, 0.5) is 16.2 Å². The third-order valence-corrected chi connectivity index (χ3v) is 17.0. The van der Waals surface area contributed by atoms with Crippen molar-refractivity contribution in [2.45, 2.75) is 74.0 Å². The van der Waals surface area contributed by atoms with Crippen molar-refractivity contribution in [2.24, 2.45) is 13.0 Å². The number of phosphoric acid groups is 4. The zero-order valence-corrected chi connectivity index (χ0v) is 42.6. The van der Waals surface area contributed by atoms with Crippen LogP contribution in [0.1, 0.15) is 25.1 Å². The summed E-state index contributed by atoms with van der Waals surface area (Å²) in [5.41, 5.74) is 8.66. The van der Waals surface area contributed by atoms with Crippen LogP contribution < -0.4 is 32.8 Å². The number of hydrogen-bond donors (Lipinski definition) is 11. The number of phosphoric ester groups is 3. The van der Waals surface area contributed by atoms with Crippen LogP contribution in [0.2, 0.25) is 0 Å². The molecule has 3 saturated heterocycles. The average Bonchev–Trinajstić information content (AvgIpc) is 4.11. The maximum atomic E-state index is 16.5. The number of fused-ring (bicyclic) bond motifs is 2. The highest BCUT2D eigenvalue weighted by Gasteiger charge is 2.54. The van der Waals surface area contributed by atoms with Crippen molar-refractivity contribution in [1.29, 1.82) is 0 Å². The smallest absolute Gasteiger partial charge is 0.387 e. The maximum absolute atomic E-state index is 16.5. The van der Waals surface area contributed by atoms with Gasteiger partial charge in [0.1, 0.15) is 48.5 Å². The number of halogens is 1. The molecule has 5 aromatic heterocycles. The molecule has 0 aromatic carbocycles. The number of aliphatic hydroxyl groups is 3. The number of carbonyl (C=O) groups excluding carboxylic acids is 1. The highest BCUT2D eigenvalue weighted by molar-refractivity contribution is 7.66. The second-order valence-corrected chi connectivity index (χ2v) is 23.2. The van der Waals surface area contributed by atoms with Crippen LogP contribution in [-0.2, 0) is 71.0 Å². The van der Waals surface area contributed by atoms with Crippen molar-refractivity contribution < 1.29 is 108 Å². The summed E-state index contributed by atoms with van der Waals surface area (Å²) in [5.74, 6) is -2.33. The number of nitrogens with zero attached hydrogens (tertiary/aromatic N) is 9. The molecule has 0 spiro atoms. The Kier molecular flexibility index (Phi) is 16.2. The predicted molar refractivity (Wildman–Crippen MR) is 243 cm³/mol. The molecule has 5 unspecified atom stereocenters. The summed E-state index contributed by atoms with van der Waals surface area (Å²) >= 11 is 0. The van der Waals surface area contributed by atoms with Gasteiger partial charge in [0.2, 0.25) is 17.7 Å². The molecule has 8 rings (SSSR count). The van der Waals surface area contributed by atoms with Crippen LogP contribution >= 0.6 is 31.3 Å². The Hall–Kier alpha value is -5.14. The number of nitrogens with two attached hydrogens (primary N) is 2. The zero-order chi connectivity index (χ0) is 55.6. The largest absolute Gasteiger partial charge is 0.490 e. The molecule has 3 aliphatic rings. The predicted octanol–water partition coefficient (Wildman–Crippen LogP) is -3.82. The first-order valence-electron chi connectivity index (χ1n) is 21.7. The molecule has 0 bridgehead atoms. The van der Waals surface area contributed by atoms with E-state index < -0.39 is 154 Å². The Morgan fingerprint density at radius 3 is 2.12 bits per heavy atom. The van der Waals surface area contributed by atoms with Gasteiger partial charge in [-0.15, -0.1) is 0 Å². The van der Waals surface area contributed by atoms with Crippen LogP contribution in [0.3, 0.4) is 0 Å². The summed E-state index contributed by atoms with van der Waals surface area (Å²) in [4.78, 5) is 113. The molecule has 0 aliphatic carbocycles. The molecule has 3 aliphatic heterocycles. The van der Waals surface area contributed by atoms with E-state index in [1.54, 1.807) is 0 Å². The Bertz CT molecular complexity index is 3400. The normalized spacial score (nSPS) is 30.0. The summed E-state index contributed by atoms with van der Waals surface area (Å²) in [6, 6.07) is 0.894. The van der Waals surface area contributed by atoms with Gasteiger partial charge in [-0.25, -0.2) is 47.0 Å². The molecular formula is C34H47FN13O24P4+. The summed E-state index contributed by atoms with van der Waals surface area (Å²) in [6.07, 6.45) is -17.1. The number of aryl methyl sites for hydroxylation is 1. The first kappa shape index (κ1) is 57.0. The van der Waals surface area contributed by atoms with Gasteiger partial charge in [0.05, 0.1) is 39.3 Å². The van der Waals surface area contributed by atoms with Gasteiger partial charge in [0, 0.05) is 38.7 Å². The second-order valence-electron chi connectivity index (χ2n) is 17.1. The number of nitrogen functional groups attached to an aromatic ring is 2. The first-order valence-corrected chi connectivity index (χ1v) is 27.6. The Labute approximate surface area is 421 Å². The summed E-state index contributed by atoms with van der Waals surface area (Å²) in [5, 5.41) is 32.6. The van der Waals surface area contributed by atoms with Crippen molar-refractivity contribution in [3.63, 3.8) is 0 Å². The van der Waals surface area contributed by atoms with Crippen molar-refractivity contribution in [1.82, 2.24) is 48.5 Å². The summed E-state index contributed by atoms with van der Waals surface area (Å²) in [7, 11) is -19.6. The van der Waals surface area contributed by atoms with Crippen molar-refractivity contribution in [2.75, 3.05) is 45.4 Å². The van der Waals surface area contributed by atoms with Gasteiger partial charge in [-0.3, -0.25) is 56.1 Å². The number of aliphatic hydroxyl groups excluding tert-OH is 3. The van der Waals surface area contributed by atoms with Gasteiger partial charge in [-0.2, -0.15) is 8.62 Å². The number of imidazole rings is 2.